The molecule has 25 heavy (non-hydrogen) atoms. The van der Waals surface area contributed by atoms with Gasteiger partial charge in [-0.1, -0.05) is 35.5 Å². The number of rotatable bonds is 4. The predicted octanol–water partition coefficient (Wildman–Crippen LogP) is 3.26. The number of benzene rings is 1. The van der Waals surface area contributed by atoms with Crippen molar-refractivity contribution in [3.63, 3.8) is 0 Å². The number of aryl methyl sites for hydroxylation is 1. The summed E-state index contributed by atoms with van der Waals surface area (Å²) in [6.45, 7) is 1.80. The van der Waals surface area contributed by atoms with E-state index < -0.39 is 0 Å². The number of amides is 1. The van der Waals surface area contributed by atoms with E-state index in [1.165, 1.54) is 11.3 Å². The summed E-state index contributed by atoms with van der Waals surface area (Å²) < 4.78 is 5.41. The lowest BCUT2D eigenvalue weighted by atomic mass is 10.2. The molecular weight excluding hydrogens is 334 g/mol. The Labute approximate surface area is 149 Å². The number of aromatic nitrogens is 2. The summed E-state index contributed by atoms with van der Waals surface area (Å²) in [6.07, 6.45) is 3.39. The van der Waals surface area contributed by atoms with Crippen molar-refractivity contribution in [3.8, 4) is 17.6 Å². The van der Waals surface area contributed by atoms with Crippen LogP contribution >= 0.6 is 11.3 Å². The van der Waals surface area contributed by atoms with Gasteiger partial charge in [0, 0.05) is 18.0 Å². The van der Waals surface area contributed by atoms with Gasteiger partial charge in [0.05, 0.1) is 5.69 Å². The molecule has 0 saturated heterocycles. The molecule has 124 valence electrons. The van der Waals surface area contributed by atoms with Gasteiger partial charge >= 0.3 is 0 Å². The monoisotopic (exact) mass is 349 g/mol. The van der Waals surface area contributed by atoms with E-state index in [1.54, 1.807) is 24.5 Å². The van der Waals surface area contributed by atoms with Crippen LogP contribution in [-0.4, -0.2) is 22.5 Å². The molecule has 0 aliphatic rings. The summed E-state index contributed by atoms with van der Waals surface area (Å²) in [7, 11) is 0. The molecule has 3 aromatic rings. The van der Waals surface area contributed by atoms with Crippen molar-refractivity contribution in [3.05, 3.63) is 71.0 Å². The number of pyridine rings is 1. The van der Waals surface area contributed by atoms with Crippen LogP contribution in [0.15, 0.2) is 54.9 Å². The van der Waals surface area contributed by atoms with Crippen LogP contribution in [0.1, 0.15) is 16.1 Å². The van der Waals surface area contributed by atoms with E-state index in [0.717, 1.165) is 16.1 Å². The minimum atomic E-state index is -0.258. The highest BCUT2D eigenvalue weighted by molar-refractivity contribution is 7.16. The van der Waals surface area contributed by atoms with E-state index in [0.29, 0.717) is 10.9 Å². The molecule has 0 fully saturated rings. The van der Waals surface area contributed by atoms with E-state index in [2.05, 4.69) is 27.1 Å². The van der Waals surface area contributed by atoms with Gasteiger partial charge in [0.25, 0.3) is 5.91 Å². The molecule has 0 bridgehead atoms. The Morgan fingerprint density at radius 1 is 1.16 bits per heavy atom. The molecule has 2 heterocycles. The highest BCUT2D eigenvalue weighted by atomic mass is 32.1. The molecular formula is C19H15N3O2S. The zero-order valence-corrected chi connectivity index (χ0v) is 14.3. The first kappa shape index (κ1) is 16.7. The fraction of sp³-hybridized carbons (Fsp3) is 0.105. The maximum Gasteiger partial charge on any atom is 0.264 e. The van der Waals surface area contributed by atoms with Crippen LogP contribution in [0.3, 0.4) is 0 Å². The quantitative estimate of drug-likeness (QED) is 0.734. The van der Waals surface area contributed by atoms with Crippen LogP contribution in [0.2, 0.25) is 0 Å². The second kappa shape index (κ2) is 8.08. The summed E-state index contributed by atoms with van der Waals surface area (Å²) >= 11 is 1.34. The Hall–Kier alpha value is -3.17. The average molecular weight is 349 g/mol. The maximum atomic E-state index is 12.0. The number of anilines is 1. The summed E-state index contributed by atoms with van der Waals surface area (Å²) in [6, 6.07) is 12.9. The third-order valence-electron chi connectivity index (χ3n) is 3.16. The molecule has 1 N–H and O–H groups in total. The summed E-state index contributed by atoms with van der Waals surface area (Å²) in [4.78, 5) is 21.1. The number of hydrogen-bond donors (Lipinski definition) is 1. The number of nitrogens with one attached hydrogen (secondary N) is 1. The van der Waals surface area contributed by atoms with Crippen molar-refractivity contribution in [2.24, 2.45) is 0 Å². The molecule has 0 radical (unpaired) electrons. The minimum Gasteiger partial charge on any atom is -0.484 e. The largest absolute Gasteiger partial charge is 0.484 e. The molecule has 0 saturated carbocycles. The molecule has 0 unspecified atom stereocenters. The van der Waals surface area contributed by atoms with Crippen LogP contribution in [0, 0.1) is 18.8 Å². The molecule has 3 rings (SSSR count). The Bertz CT molecular complexity index is 912. The van der Waals surface area contributed by atoms with Crippen molar-refractivity contribution in [1.82, 2.24) is 9.97 Å². The third kappa shape index (κ3) is 4.90. The van der Waals surface area contributed by atoms with Crippen LogP contribution in [-0.2, 0) is 4.79 Å². The van der Waals surface area contributed by atoms with E-state index >= 15 is 0 Å². The second-order valence-corrected chi connectivity index (χ2v) is 6.07. The number of carbonyl (C=O) groups excluding carboxylic acids is 1. The molecule has 2 aromatic heterocycles. The first-order valence-corrected chi connectivity index (χ1v) is 8.39. The number of para-hydroxylation sites is 1. The minimum absolute atomic E-state index is 0.0688. The number of thiazole rings is 1. The number of hydrogen-bond acceptors (Lipinski definition) is 5. The number of ether oxygens (including phenoxy) is 1. The molecule has 1 aromatic carbocycles. The molecule has 6 heteroatoms. The van der Waals surface area contributed by atoms with Crippen LogP contribution in [0.5, 0.6) is 5.75 Å². The van der Waals surface area contributed by atoms with E-state index in [1.807, 2.05) is 37.3 Å². The summed E-state index contributed by atoms with van der Waals surface area (Å²) in [5.41, 5.74) is 1.66. The van der Waals surface area contributed by atoms with Gasteiger partial charge in [0.2, 0.25) is 0 Å². The molecule has 0 aliphatic carbocycles. The molecule has 0 atom stereocenters. The lowest BCUT2D eigenvalue weighted by molar-refractivity contribution is -0.118. The molecule has 5 nitrogen and oxygen atoms in total. The van der Waals surface area contributed by atoms with Gasteiger partial charge in [-0.3, -0.25) is 15.1 Å². The SMILES string of the molecule is Cc1nc(NC(=O)COc2ccccc2)sc1C#Cc1ccncc1. The zero-order chi connectivity index (χ0) is 17.5. The number of nitrogens with zero attached hydrogens (tertiary/aromatic N) is 2. The normalized spacial score (nSPS) is 9.80. The molecule has 1 amide bonds. The molecule has 0 aliphatic heterocycles. The summed E-state index contributed by atoms with van der Waals surface area (Å²) in [5.74, 6) is 6.53. The van der Waals surface area contributed by atoms with Gasteiger partial charge in [-0.05, 0) is 37.1 Å². The first-order valence-electron chi connectivity index (χ1n) is 7.58. The Balaban J connectivity index is 1.60. The van der Waals surface area contributed by atoms with Crippen LogP contribution in [0.4, 0.5) is 5.13 Å². The third-order valence-corrected chi connectivity index (χ3v) is 4.15. The Kier molecular flexibility index (Phi) is 5.39. The lowest BCUT2D eigenvalue weighted by Crippen LogP contribution is -2.20. The van der Waals surface area contributed by atoms with Crippen molar-refractivity contribution in [2.45, 2.75) is 6.92 Å². The van der Waals surface area contributed by atoms with Gasteiger partial charge in [0.15, 0.2) is 11.7 Å². The predicted molar refractivity (Wildman–Crippen MR) is 97.6 cm³/mol. The Morgan fingerprint density at radius 3 is 2.68 bits per heavy atom. The first-order chi connectivity index (χ1) is 12.2. The van der Waals surface area contributed by atoms with Crippen molar-refractivity contribution in [1.29, 1.82) is 0 Å². The maximum absolute atomic E-state index is 12.0. The molecule has 0 spiro atoms. The van der Waals surface area contributed by atoms with Crippen molar-refractivity contribution in [2.75, 3.05) is 11.9 Å². The Morgan fingerprint density at radius 2 is 1.92 bits per heavy atom. The standard InChI is InChI=1S/C19H15N3O2S/c1-14-17(8-7-15-9-11-20-12-10-15)25-19(21-14)22-18(23)13-24-16-5-3-2-4-6-16/h2-6,9-12H,13H2,1H3,(H,21,22,23). The zero-order valence-electron chi connectivity index (χ0n) is 13.5. The van der Waals surface area contributed by atoms with Crippen LogP contribution < -0.4 is 10.1 Å². The van der Waals surface area contributed by atoms with Gasteiger partial charge in [-0.2, -0.15) is 0 Å². The topological polar surface area (TPSA) is 64.1 Å². The number of carbonyl (C=O) groups is 1. The smallest absolute Gasteiger partial charge is 0.264 e. The average Bonchev–Trinajstić information content (AvgIpc) is 2.99. The second-order valence-electron chi connectivity index (χ2n) is 5.07. The highest BCUT2D eigenvalue weighted by Crippen LogP contribution is 2.21. The van der Waals surface area contributed by atoms with E-state index in [4.69, 9.17) is 4.74 Å². The fourth-order valence-corrected chi connectivity index (χ4v) is 2.79. The van der Waals surface area contributed by atoms with Gasteiger partial charge < -0.3 is 4.74 Å². The van der Waals surface area contributed by atoms with E-state index in [9.17, 15) is 4.79 Å². The van der Waals surface area contributed by atoms with Crippen LogP contribution in [0.25, 0.3) is 0 Å². The summed E-state index contributed by atoms with van der Waals surface area (Å²) in [5, 5.41) is 3.25. The lowest BCUT2D eigenvalue weighted by Gasteiger charge is -2.04. The van der Waals surface area contributed by atoms with Crippen molar-refractivity contribution < 1.29 is 9.53 Å². The fourth-order valence-electron chi connectivity index (χ4n) is 1.95. The van der Waals surface area contributed by atoms with Crippen molar-refractivity contribution >= 4 is 22.4 Å². The van der Waals surface area contributed by atoms with Gasteiger partial charge in [-0.15, -0.1) is 0 Å². The highest BCUT2D eigenvalue weighted by Gasteiger charge is 2.09. The van der Waals surface area contributed by atoms with Gasteiger partial charge in [-0.25, -0.2) is 4.98 Å². The van der Waals surface area contributed by atoms with Gasteiger partial charge in [0.1, 0.15) is 10.6 Å². The van der Waals surface area contributed by atoms with E-state index in [-0.39, 0.29) is 12.5 Å².